The largest absolute Gasteiger partial charge is 0.336 e. The number of aromatic nitrogens is 1. The number of thiazole rings is 1. The third-order valence-corrected chi connectivity index (χ3v) is 7.79. The summed E-state index contributed by atoms with van der Waals surface area (Å²) in [7, 11) is 0. The second-order valence-corrected chi connectivity index (χ2v) is 9.42. The van der Waals surface area contributed by atoms with Crippen molar-refractivity contribution in [1.82, 2.24) is 15.2 Å². The molecule has 8 heteroatoms. The number of rotatable bonds is 3. The predicted molar refractivity (Wildman–Crippen MR) is 107 cm³/mol. The molecule has 2 aromatic heterocycles. The van der Waals surface area contributed by atoms with Crippen LogP contribution in [0.1, 0.15) is 45.4 Å². The molecule has 27 heavy (non-hydrogen) atoms. The molecule has 5 heterocycles. The molecule has 6 nitrogen and oxygen atoms in total. The Labute approximate surface area is 166 Å². The van der Waals surface area contributed by atoms with Crippen molar-refractivity contribution >= 4 is 39.5 Å². The Morgan fingerprint density at radius 1 is 1.26 bits per heavy atom. The molecule has 0 aromatic carbocycles. The van der Waals surface area contributed by atoms with Crippen molar-refractivity contribution in [3.63, 3.8) is 0 Å². The lowest BCUT2D eigenvalue weighted by molar-refractivity contribution is -0.120. The van der Waals surface area contributed by atoms with Gasteiger partial charge in [-0.3, -0.25) is 9.59 Å². The quantitative estimate of drug-likeness (QED) is 0.857. The number of carbonyl (C=O) groups excluding carboxylic acids is 2. The van der Waals surface area contributed by atoms with Crippen molar-refractivity contribution < 1.29 is 9.59 Å². The fourth-order valence-corrected chi connectivity index (χ4v) is 6.08. The molecule has 5 rings (SSSR count). The summed E-state index contributed by atoms with van der Waals surface area (Å²) in [4.78, 5) is 34.7. The SMILES string of the molecule is O=C(c1cc2c(s1)N(C(=O)[C@@H]1CCCN1)CCC2)N1CC(c2nccs2)C1. The van der Waals surface area contributed by atoms with Crippen LogP contribution in [0.2, 0.25) is 0 Å². The average Bonchev–Trinajstić information content (AvgIpc) is 3.39. The normalized spacial score (nSPS) is 22.6. The van der Waals surface area contributed by atoms with Crippen LogP contribution in [0.3, 0.4) is 0 Å². The number of likely N-dealkylation sites (tertiary alicyclic amines) is 1. The van der Waals surface area contributed by atoms with Crippen LogP contribution in [0.5, 0.6) is 0 Å². The number of thiophene rings is 1. The smallest absolute Gasteiger partial charge is 0.264 e. The second kappa shape index (κ2) is 7.00. The van der Waals surface area contributed by atoms with Gasteiger partial charge in [0, 0.05) is 37.1 Å². The van der Waals surface area contributed by atoms with Crippen molar-refractivity contribution in [3.05, 3.63) is 33.1 Å². The molecule has 1 atom stereocenters. The van der Waals surface area contributed by atoms with Gasteiger partial charge >= 0.3 is 0 Å². The lowest BCUT2D eigenvalue weighted by Crippen LogP contribution is -2.48. The first-order chi connectivity index (χ1) is 13.2. The number of hydrogen-bond acceptors (Lipinski definition) is 6. The van der Waals surface area contributed by atoms with Gasteiger partial charge in [0.1, 0.15) is 5.00 Å². The van der Waals surface area contributed by atoms with Crippen molar-refractivity contribution in [3.8, 4) is 0 Å². The average molecular weight is 403 g/mol. The number of nitrogens with zero attached hydrogens (tertiary/aromatic N) is 3. The van der Waals surface area contributed by atoms with Gasteiger partial charge in [-0.2, -0.15) is 0 Å². The van der Waals surface area contributed by atoms with Crippen molar-refractivity contribution in [2.24, 2.45) is 0 Å². The zero-order valence-electron chi connectivity index (χ0n) is 15.0. The zero-order valence-corrected chi connectivity index (χ0v) is 16.7. The van der Waals surface area contributed by atoms with Crippen molar-refractivity contribution in [1.29, 1.82) is 0 Å². The molecular formula is C19H22N4O2S2. The Balaban J connectivity index is 1.31. The highest BCUT2D eigenvalue weighted by molar-refractivity contribution is 7.18. The van der Waals surface area contributed by atoms with Crippen LogP contribution in [0.4, 0.5) is 5.00 Å². The molecule has 0 radical (unpaired) electrons. The van der Waals surface area contributed by atoms with Crippen molar-refractivity contribution in [2.45, 2.75) is 37.6 Å². The number of carbonyl (C=O) groups is 2. The van der Waals surface area contributed by atoms with Gasteiger partial charge in [-0.05, 0) is 43.9 Å². The van der Waals surface area contributed by atoms with E-state index >= 15 is 0 Å². The molecule has 2 aromatic rings. The molecule has 2 amide bonds. The minimum Gasteiger partial charge on any atom is -0.336 e. The van der Waals surface area contributed by atoms with Crippen LogP contribution in [0.15, 0.2) is 17.6 Å². The van der Waals surface area contributed by atoms with E-state index in [2.05, 4.69) is 10.3 Å². The molecule has 0 spiro atoms. The summed E-state index contributed by atoms with van der Waals surface area (Å²) in [6.45, 7) is 3.15. The number of fused-ring (bicyclic) bond motifs is 1. The maximum atomic E-state index is 12.9. The van der Waals surface area contributed by atoms with Crippen LogP contribution in [0.25, 0.3) is 0 Å². The number of hydrogen-bond donors (Lipinski definition) is 1. The molecular weight excluding hydrogens is 380 g/mol. The summed E-state index contributed by atoms with van der Waals surface area (Å²) in [6, 6.07) is 1.95. The van der Waals surface area contributed by atoms with E-state index in [0.717, 1.165) is 72.3 Å². The Morgan fingerprint density at radius 3 is 2.89 bits per heavy atom. The highest BCUT2D eigenvalue weighted by Gasteiger charge is 2.36. The van der Waals surface area contributed by atoms with Gasteiger partial charge in [-0.15, -0.1) is 22.7 Å². The summed E-state index contributed by atoms with van der Waals surface area (Å²) in [6.07, 6.45) is 5.70. The van der Waals surface area contributed by atoms with Gasteiger partial charge in [0.2, 0.25) is 5.91 Å². The van der Waals surface area contributed by atoms with Crippen LogP contribution in [-0.4, -0.2) is 53.9 Å². The second-order valence-electron chi connectivity index (χ2n) is 7.46. The van der Waals surface area contributed by atoms with Crippen LogP contribution in [-0.2, 0) is 11.2 Å². The summed E-state index contributed by atoms with van der Waals surface area (Å²) < 4.78 is 0. The molecule has 0 saturated carbocycles. The highest BCUT2D eigenvalue weighted by atomic mass is 32.1. The van der Waals surface area contributed by atoms with Gasteiger partial charge in [-0.25, -0.2) is 4.98 Å². The van der Waals surface area contributed by atoms with Gasteiger partial charge in [-0.1, -0.05) is 0 Å². The van der Waals surface area contributed by atoms with Gasteiger partial charge in [0.15, 0.2) is 0 Å². The van der Waals surface area contributed by atoms with E-state index in [-0.39, 0.29) is 17.9 Å². The Morgan fingerprint density at radius 2 is 2.15 bits per heavy atom. The third kappa shape index (κ3) is 3.09. The minimum atomic E-state index is -0.0633. The first-order valence-electron chi connectivity index (χ1n) is 9.57. The summed E-state index contributed by atoms with van der Waals surface area (Å²) in [5, 5.41) is 7.39. The standard InChI is InChI=1S/C19H22N4O2S2/c24-17(14-4-1-5-20-14)23-7-2-3-12-9-15(27-19(12)23)18(25)22-10-13(11-22)16-21-6-8-26-16/h6,8-9,13-14,20H,1-5,7,10-11H2/t14-/m0/s1. The fraction of sp³-hybridized carbons (Fsp3) is 0.526. The highest BCUT2D eigenvalue weighted by Crippen LogP contribution is 2.38. The van der Waals surface area contributed by atoms with E-state index in [1.54, 1.807) is 11.3 Å². The van der Waals surface area contributed by atoms with Crippen LogP contribution >= 0.6 is 22.7 Å². The number of anilines is 1. The van der Waals surface area contributed by atoms with Gasteiger partial charge in [0.25, 0.3) is 5.91 Å². The summed E-state index contributed by atoms with van der Waals surface area (Å²) in [5.74, 6) is 0.630. The lowest BCUT2D eigenvalue weighted by Gasteiger charge is -2.37. The molecule has 0 aliphatic carbocycles. The van der Waals surface area contributed by atoms with Crippen LogP contribution < -0.4 is 10.2 Å². The summed E-state index contributed by atoms with van der Waals surface area (Å²) >= 11 is 3.15. The Bertz CT molecular complexity index is 851. The van der Waals surface area contributed by atoms with E-state index in [4.69, 9.17) is 0 Å². The van der Waals surface area contributed by atoms with Gasteiger partial charge < -0.3 is 15.1 Å². The Kier molecular flexibility index (Phi) is 4.49. The lowest BCUT2D eigenvalue weighted by atomic mass is 10.0. The number of nitrogens with one attached hydrogen (secondary N) is 1. The molecule has 0 bridgehead atoms. The maximum Gasteiger partial charge on any atom is 0.264 e. The molecule has 1 N–H and O–H groups in total. The monoisotopic (exact) mass is 402 g/mol. The Hall–Kier alpha value is -1.77. The minimum absolute atomic E-state index is 0.0633. The van der Waals surface area contributed by atoms with Crippen molar-refractivity contribution in [2.75, 3.05) is 31.1 Å². The topological polar surface area (TPSA) is 65.5 Å². The third-order valence-electron chi connectivity index (χ3n) is 5.66. The molecule has 2 saturated heterocycles. The first-order valence-corrected chi connectivity index (χ1v) is 11.3. The molecule has 0 unspecified atom stereocenters. The number of amides is 2. The first kappa shape index (κ1) is 17.3. The van der Waals surface area contributed by atoms with E-state index in [1.165, 1.54) is 11.3 Å². The molecule has 142 valence electrons. The molecule has 3 aliphatic heterocycles. The fourth-order valence-electron chi connectivity index (χ4n) is 4.15. The zero-order chi connectivity index (χ0) is 18.4. The van der Waals surface area contributed by atoms with Gasteiger partial charge in [0.05, 0.1) is 15.9 Å². The van der Waals surface area contributed by atoms with Crippen LogP contribution in [0, 0.1) is 0 Å². The molecule has 2 fully saturated rings. The predicted octanol–water partition coefficient (Wildman–Crippen LogP) is 2.48. The van der Waals surface area contributed by atoms with E-state index in [9.17, 15) is 9.59 Å². The van der Waals surface area contributed by atoms with E-state index in [1.807, 2.05) is 27.4 Å². The number of aryl methyl sites for hydroxylation is 1. The van der Waals surface area contributed by atoms with E-state index < -0.39 is 0 Å². The van der Waals surface area contributed by atoms with E-state index in [0.29, 0.717) is 5.92 Å². The maximum absolute atomic E-state index is 12.9. The molecule has 3 aliphatic rings. The summed E-state index contributed by atoms with van der Waals surface area (Å²) in [5.41, 5.74) is 1.15.